The standard InChI is InChI=1S/C25H30FN5O6/c1-34-11-2-8-27-24(33)17-14-36-21(37-15-17)13-20-30-22(16-3-5-18(26)6-4-16)23(31-20)19-7-9-28-25(29-19)35-12-10-32/h3-7,9,17,21,32H,2,8,10-15H2,1H3,(H,27,33)(H,30,31). The van der Waals surface area contributed by atoms with Crippen LogP contribution in [-0.4, -0.2) is 83.9 Å². The molecule has 4 rings (SSSR count). The van der Waals surface area contributed by atoms with Crippen LogP contribution in [0.3, 0.4) is 0 Å². The van der Waals surface area contributed by atoms with Gasteiger partial charge in [0.2, 0.25) is 5.91 Å². The molecule has 1 saturated heterocycles. The van der Waals surface area contributed by atoms with Crippen LogP contribution in [0.1, 0.15) is 12.2 Å². The van der Waals surface area contributed by atoms with E-state index < -0.39 is 6.29 Å². The average molecular weight is 516 g/mol. The first kappa shape index (κ1) is 26.6. The molecule has 3 heterocycles. The molecule has 0 bridgehead atoms. The molecule has 1 aromatic carbocycles. The van der Waals surface area contributed by atoms with Gasteiger partial charge in [0.05, 0.1) is 49.2 Å². The summed E-state index contributed by atoms with van der Waals surface area (Å²) in [6.45, 7) is 1.47. The number of aliphatic hydroxyl groups excluding tert-OH is 1. The number of ether oxygens (including phenoxy) is 4. The second-order valence-corrected chi connectivity index (χ2v) is 8.35. The van der Waals surface area contributed by atoms with Crippen LogP contribution in [0.4, 0.5) is 4.39 Å². The van der Waals surface area contributed by atoms with Gasteiger partial charge >= 0.3 is 6.01 Å². The number of aliphatic hydroxyl groups is 1. The average Bonchev–Trinajstić information content (AvgIpc) is 3.34. The van der Waals surface area contributed by atoms with Crippen molar-refractivity contribution in [1.29, 1.82) is 0 Å². The maximum atomic E-state index is 13.6. The molecular formula is C25H30FN5O6. The number of amides is 1. The van der Waals surface area contributed by atoms with Crippen molar-refractivity contribution in [3.05, 3.63) is 48.2 Å². The van der Waals surface area contributed by atoms with Crippen LogP contribution in [0.15, 0.2) is 36.5 Å². The highest BCUT2D eigenvalue weighted by Gasteiger charge is 2.28. The summed E-state index contributed by atoms with van der Waals surface area (Å²) in [5.74, 6) is -0.294. The third-order valence-electron chi connectivity index (χ3n) is 5.60. The molecule has 0 saturated carbocycles. The van der Waals surface area contributed by atoms with E-state index in [4.69, 9.17) is 29.0 Å². The van der Waals surface area contributed by atoms with Gasteiger partial charge in [-0.15, -0.1) is 0 Å². The zero-order valence-electron chi connectivity index (χ0n) is 20.5. The fraction of sp³-hybridized carbons (Fsp3) is 0.440. The number of hydrogen-bond acceptors (Lipinski definition) is 9. The van der Waals surface area contributed by atoms with Crippen molar-refractivity contribution < 1.29 is 33.2 Å². The van der Waals surface area contributed by atoms with Crippen molar-refractivity contribution in [2.45, 2.75) is 19.1 Å². The summed E-state index contributed by atoms with van der Waals surface area (Å²) in [6, 6.07) is 7.78. The second kappa shape index (κ2) is 13.2. The maximum Gasteiger partial charge on any atom is 0.317 e. The molecule has 0 spiro atoms. The summed E-state index contributed by atoms with van der Waals surface area (Å²) in [5.41, 5.74) is 2.34. The van der Waals surface area contributed by atoms with Crippen LogP contribution < -0.4 is 10.1 Å². The fourth-order valence-corrected chi connectivity index (χ4v) is 3.75. The molecule has 3 N–H and O–H groups in total. The van der Waals surface area contributed by atoms with Gasteiger partial charge in [-0.1, -0.05) is 0 Å². The van der Waals surface area contributed by atoms with Crippen LogP contribution in [0, 0.1) is 11.7 Å². The van der Waals surface area contributed by atoms with E-state index in [1.165, 1.54) is 18.3 Å². The zero-order valence-corrected chi connectivity index (χ0v) is 20.5. The highest BCUT2D eigenvalue weighted by atomic mass is 19.1. The van der Waals surface area contributed by atoms with Crippen LogP contribution in [0.5, 0.6) is 6.01 Å². The predicted molar refractivity (Wildman–Crippen MR) is 130 cm³/mol. The minimum Gasteiger partial charge on any atom is -0.461 e. The Kier molecular flexibility index (Phi) is 9.49. The largest absolute Gasteiger partial charge is 0.461 e. The second-order valence-electron chi connectivity index (χ2n) is 8.35. The Morgan fingerprint density at radius 1 is 1.19 bits per heavy atom. The molecule has 1 aliphatic rings. The van der Waals surface area contributed by atoms with E-state index in [1.807, 2.05) is 0 Å². The molecule has 12 heteroatoms. The molecule has 2 aromatic heterocycles. The number of hydrogen-bond donors (Lipinski definition) is 3. The van der Waals surface area contributed by atoms with Crippen LogP contribution >= 0.6 is 0 Å². The normalized spacial score (nSPS) is 17.5. The number of halogens is 1. The molecule has 0 aliphatic carbocycles. The summed E-state index contributed by atoms with van der Waals surface area (Å²) < 4.78 is 35.5. The maximum absolute atomic E-state index is 13.6. The van der Waals surface area contributed by atoms with Crippen molar-refractivity contribution in [2.75, 3.05) is 46.7 Å². The van der Waals surface area contributed by atoms with E-state index in [0.717, 1.165) is 6.42 Å². The number of nitrogens with one attached hydrogen (secondary N) is 2. The number of benzene rings is 1. The first-order valence-corrected chi connectivity index (χ1v) is 12.0. The van der Waals surface area contributed by atoms with Gasteiger partial charge in [0.15, 0.2) is 6.29 Å². The molecule has 1 aliphatic heterocycles. The number of aromatic amines is 1. The Hall–Kier alpha value is -3.45. The smallest absolute Gasteiger partial charge is 0.317 e. The number of aromatic nitrogens is 4. The Balaban J connectivity index is 1.46. The monoisotopic (exact) mass is 515 g/mol. The van der Waals surface area contributed by atoms with Gasteiger partial charge in [-0.25, -0.2) is 14.4 Å². The van der Waals surface area contributed by atoms with Crippen molar-refractivity contribution in [3.8, 4) is 28.7 Å². The minimum atomic E-state index is -0.591. The van der Waals surface area contributed by atoms with Gasteiger partial charge in [-0.2, -0.15) is 4.98 Å². The predicted octanol–water partition coefficient (Wildman–Crippen LogP) is 1.73. The minimum absolute atomic E-state index is 0.0605. The van der Waals surface area contributed by atoms with Crippen molar-refractivity contribution in [2.24, 2.45) is 5.92 Å². The molecule has 0 radical (unpaired) electrons. The number of carbonyl (C=O) groups is 1. The Morgan fingerprint density at radius 3 is 2.70 bits per heavy atom. The lowest BCUT2D eigenvalue weighted by Crippen LogP contribution is -2.42. The lowest BCUT2D eigenvalue weighted by Gasteiger charge is -2.28. The number of rotatable bonds is 12. The molecule has 1 fully saturated rings. The lowest BCUT2D eigenvalue weighted by atomic mass is 10.1. The zero-order chi connectivity index (χ0) is 26.0. The van der Waals surface area contributed by atoms with Crippen LogP contribution in [0.25, 0.3) is 22.6 Å². The molecule has 11 nitrogen and oxygen atoms in total. The summed E-state index contributed by atoms with van der Waals surface area (Å²) in [5, 5.41) is 11.9. The number of H-pyrrole nitrogens is 1. The number of carbonyl (C=O) groups excluding carboxylic acids is 1. The summed E-state index contributed by atoms with van der Waals surface area (Å²) >= 11 is 0. The third kappa shape index (κ3) is 7.29. The first-order chi connectivity index (χ1) is 18.1. The van der Waals surface area contributed by atoms with Gasteiger partial charge < -0.3 is 34.4 Å². The number of methoxy groups -OCH3 is 1. The van der Waals surface area contributed by atoms with E-state index in [1.54, 1.807) is 25.3 Å². The summed E-state index contributed by atoms with van der Waals surface area (Å²) in [6.07, 6.45) is 1.98. The summed E-state index contributed by atoms with van der Waals surface area (Å²) in [7, 11) is 1.62. The molecular weight excluding hydrogens is 485 g/mol. The molecule has 3 aromatic rings. The van der Waals surface area contributed by atoms with Gasteiger partial charge in [0.1, 0.15) is 18.2 Å². The molecule has 37 heavy (non-hydrogen) atoms. The van der Waals surface area contributed by atoms with E-state index in [2.05, 4.69) is 20.3 Å². The highest BCUT2D eigenvalue weighted by molar-refractivity contribution is 5.79. The lowest BCUT2D eigenvalue weighted by molar-refractivity contribution is -0.200. The van der Waals surface area contributed by atoms with E-state index in [-0.39, 0.29) is 50.1 Å². The molecule has 198 valence electrons. The van der Waals surface area contributed by atoms with Crippen LogP contribution in [0.2, 0.25) is 0 Å². The Labute approximate surface area is 213 Å². The van der Waals surface area contributed by atoms with Crippen molar-refractivity contribution in [3.63, 3.8) is 0 Å². The first-order valence-electron chi connectivity index (χ1n) is 12.0. The van der Waals surface area contributed by atoms with Gasteiger partial charge in [-0.3, -0.25) is 4.79 Å². The van der Waals surface area contributed by atoms with Gasteiger partial charge in [0, 0.05) is 32.0 Å². The van der Waals surface area contributed by atoms with E-state index >= 15 is 0 Å². The van der Waals surface area contributed by atoms with E-state index in [9.17, 15) is 9.18 Å². The molecule has 0 unspecified atom stereocenters. The highest BCUT2D eigenvalue weighted by Crippen LogP contribution is 2.30. The van der Waals surface area contributed by atoms with Crippen LogP contribution in [-0.2, 0) is 25.4 Å². The SMILES string of the molecule is COCCCNC(=O)C1COC(Cc2nc(-c3ccc(F)cc3)c(-c3ccnc(OCCO)n3)[nH]2)OC1. The van der Waals surface area contributed by atoms with E-state index in [0.29, 0.717) is 48.0 Å². The number of imidazole rings is 1. The van der Waals surface area contributed by atoms with Gasteiger partial charge in [-0.05, 0) is 36.8 Å². The topological polar surface area (TPSA) is 141 Å². The quantitative estimate of drug-likeness (QED) is 0.308. The molecule has 1 amide bonds. The fourth-order valence-electron chi connectivity index (χ4n) is 3.75. The van der Waals surface area contributed by atoms with Crippen molar-refractivity contribution in [1.82, 2.24) is 25.3 Å². The summed E-state index contributed by atoms with van der Waals surface area (Å²) in [4.78, 5) is 28.8. The molecule has 0 atom stereocenters. The van der Waals surface area contributed by atoms with Crippen molar-refractivity contribution >= 4 is 5.91 Å². The number of nitrogens with zero attached hydrogens (tertiary/aromatic N) is 3. The third-order valence-corrected chi connectivity index (χ3v) is 5.60. The Bertz CT molecular complexity index is 1150. The van der Waals surface area contributed by atoms with Gasteiger partial charge in [0.25, 0.3) is 0 Å². The Morgan fingerprint density at radius 2 is 1.97 bits per heavy atom.